The van der Waals surface area contributed by atoms with Crippen molar-refractivity contribution in [3.63, 3.8) is 0 Å². The van der Waals surface area contributed by atoms with Gasteiger partial charge in [0.05, 0.1) is 12.2 Å². The zero-order valence-electron chi connectivity index (χ0n) is 17.1. The Labute approximate surface area is 166 Å². The molecule has 1 heterocycles. The van der Waals surface area contributed by atoms with Gasteiger partial charge < -0.3 is 20.7 Å². The van der Waals surface area contributed by atoms with Gasteiger partial charge >= 0.3 is 0 Å². The molecule has 0 unspecified atom stereocenters. The molecule has 1 amide bonds. The second kappa shape index (κ2) is 11.0. The monoisotopic (exact) mass is 386 g/mol. The molecule has 0 spiro atoms. The Hall–Kier alpha value is -3.03. The van der Waals surface area contributed by atoms with Crippen molar-refractivity contribution in [2.45, 2.75) is 33.7 Å². The zero-order valence-corrected chi connectivity index (χ0v) is 17.1. The number of nitrogens with zero attached hydrogens (tertiary/aromatic N) is 3. The molecule has 8 nitrogen and oxygen atoms in total. The Morgan fingerprint density at radius 3 is 2.68 bits per heavy atom. The fraction of sp³-hybridized carbons (Fsp3) is 0.450. The molecule has 0 radical (unpaired) electrons. The first kappa shape index (κ1) is 21.3. The summed E-state index contributed by atoms with van der Waals surface area (Å²) >= 11 is 0. The Kier molecular flexibility index (Phi) is 8.33. The number of aromatic nitrogens is 2. The molecule has 3 N–H and O–H groups in total. The summed E-state index contributed by atoms with van der Waals surface area (Å²) in [4.78, 5) is 15.3. The van der Waals surface area contributed by atoms with Crippen LogP contribution in [-0.2, 0) is 11.3 Å². The van der Waals surface area contributed by atoms with E-state index < -0.39 is 0 Å². The molecule has 0 fully saturated rings. The molecule has 2 rings (SSSR count). The number of amides is 1. The SMILES string of the molecule is CN=C(NCCCn1nc(C)cc1C)NCCOc1cccc(NC(C)=O)c1. The first-order valence-corrected chi connectivity index (χ1v) is 9.44. The lowest BCUT2D eigenvalue weighted by Crippen LogP contribution is -2.39. The maximum Gasteiger partial charge on any atom is 0.221 e. The van der Waals surface area contributed by atoms with Crippen LogP contribution in [0.2, 0.25) is 0 Å². The molecule has 0 saturated carbocycles. The molecule has 2 aromatic rings. The van der Waals surface area contributed by atoms with Crippen LogP contribution >= 0.6 is 0 Å². The maximum atomic E-state index is 11.1. The summed E-state index contributed by atoms with van der Waals surface area (Å²) in [7, 11) is 1.74. The smallest absolute Gasteiger partial charge is 0.221 e. The van der Waals surface area contributed by atoms with Crippen LogP contribution in [0.25, 0.3) is 0 Å². The molecule has 8 heteroatoms. The number of aliphatic imine (C=N–C) groups is 1. The number of ether oxygens (including phenoxy) is 1. The molecule has 1 aromatic carbocycles. The van der Waals surface area contributed by atoms with Gasteiger partial charge in [-0.1, -0.05) is 6.07 Å². The number of carbonyl (C=O) groups is 1. The van der Waals surface area contributed by atoms with Crippen LogP contribution in [0.1, 0.15) is 24.7 Å². The van der Waals surface area contributed by atoms with Gasteiger partial charge in [-0.15, -0.1) is 0 Å². The van der Waals surface area contributed by atoms with E-state index in [0.717, 1.165) is 36.9 Å². The lowest BCUT2D eigenvalue weighted by Gasteiger charge is -2.13. The molecule has 1 aromatic heterocycles. The van der Waals surface area contributed by atoms with Gasteiger partial charge in [0.15, 0.2) is 5.96 Å². The number of hydrogen-bond donors (Lipinski definition) is 3. The summed E-state index contributed by atoms with van der Waals surface area (Å²) in [6.45, 7) is 8.32. The van der Waals surface area contributed by atoms with E-state index in [-0.39, 0.29) is 5.91 Å². The second-order valence-electron chi connectivity index (χ2n) is 6.49. The standard InChI is InChI=1S/C20H30N6O2/c1-15-13-16(2)26(25-15)11-6-9-22-20(21-4)23-10-12-28-19-8-5-7-18(14-19)24-17(3)27/h5,7-8,13-14H,6,9-12H2,1-4H3,(H,24,27)(H2,21,22,23). The first-order chi connectivity index (χ1) is 13.5. The summed E-state index contributed by atoms with van der Waals surface area (Å²) in [5.74, 6) is 1.34. The van der Waals surface area contributed by atoms with Crippen LogP contribution in [0.5, 0.6) is 5.75 Å². The van der Waals surface area contributed by atoms with E-state index in [9.17, 15) is 4.79 Å². The Morgan fingerprint density at radius 1 is 1.21 bits per heavy atom. The molecule has 28 heavy (non-hydrogen) atoms. The van der Waals surface area contributed by atoms with Crippen LogP contribution in [0.4, 0.5) is 5.69 Å². The van der Waals surface area contributed by atoms with Crippen LogP contribution in [-0.4, -0.2) is 48.4 Å². The van der Waals surface area contributed by atoms with Crippen molar-refractivity contribution in [2.75, 3.05) is 32.1 Å². The predicted octanol–water partition coefficient (Wildman–Crippen LogP) is 2.09. The highest BCUT2D eigenvalue weighted by Gasteiger charge is 2.02. The third kappa shape index (κ3) is 7.30. The largest absolute Gasteiger partial charge is 0.492 e. The highest BCUT2D eigenvalue weighted by molar-refractivity contribution is 5.88. The van der Waals surface area contributed by atoms with Crippen LogP contribution < -0.4 is 20.7 Å². The minimum absolute atomic E-state index is 0.105. The fourth-order valence-electron chi connectivity index (χ4n) is 2.76. The highest BCUT2D eigenvalue weighted by atomic mass is 16.5. The van der Waals surface area contributed by atoms with Crippen molar-refractivity contribution in [3.8, 4) is 5.75 Å². The van der Waals surface area contributed by atoms with E-state index in [1.807, 2.05) is 29.8 Å². The summed E-state index contributed by atoms with van der Waals surface area (Å²) in [5, 5.41) is 13.7. The number of anilines is 1. The van der Waals surface area contributed by atoms with Gasteiger partial charge in [0.1, 0.15) is 12.4 Å². The normalized spacial score (nSPS) is 11.2. The van der Waals surface area contributed by atoms with E-state index in [0.29, 0.717) is 18.9 Å². The number of nitrogens with one attached hydrogen (secondary N) is 3. The molecule has 152 valence electrons. The quantitative estimate of drug-likeness (QED) is 0.349. The Balaban J connectivity index is 1.64. The van der Waals surface area contributed by atoms with Gasteiger partial charge in [0.25, 0.3) is 0 Å². The van der Waals surface area contributed by atoms with Gasteiger partial charge in [0.2, 0.25) is 5.91 Å². The van der Waals surface area contributed by atoms with Crippen LogP contribution in [0, 0.1) is 13.8 Å². The van der Waals surface area contributed by atoms with Gasteiger partial charge in [-0.05, 0) is 38.5 Å². The van der Waals surface area contributed by atoms with Gasteiger partial charge in [-0.2, -0.15) is 5.10 Å². The van der Waals surface area contributed by atoms with Gasteiger partial charge in [-0.3, -0.25) is 14.5 Å². The van der Waals surface area contributed by atoms with E-state index >= 15 is 0 Å². The molecule has 0 bridgehead atoms. The fourth-order valence-corrected chi connectivity index (χ4v) is 2.76. The maximum absolute atomic E-state index is 11.1. The molecular formula is C20H30N6O2. The number of guanidine groups is 1. The minimum atomic E-state index is -0.105. The number of benzene rings is 1. The Morgan fingerprint density at radius 2 is 2.00 bits per heavy atom. The van der Waals surface area contributed by atoms with Crippen molar-refractivity contribution in [2.24, 2.45) is 4.99 Å². The number of carbonyl (C=O) groups excluding carboxylic acids is 1. The summed E-state index contributed by atoms with van der Waals surface area (Å²) in [6, 6.07) is 9.41. The van der Waals surface area contributed by atoms with Crippen molar-refractivity contribution < 1.29 is 9.53 Å². The van der Waals surface area contributed by atoms with E-state index in [1.165, 1.54) is 12.6 Å². The first-order valence-electron chi connectivity index (χ1n) is 9.44. The number of rotatable bonds is 9. The summed E-state index contributed by atoms with van der Waals surface area (Å²) in [6.07, 6.45) is 0.953. The number of aryl methyl sites for hydroxylation is 3. The molecule has 0 saturated heterocycles. The molecular weight excluding hydrogens is 356 g/mol. The lowest BCUT2D eigenvalue weighted by molar-refractivity contribution is -0.114. The molecule has 0 aliphatic rings. The molecule has 0 aliphatic heterocycles. The third-order valence-corrected chi connectivity index (χ3v) is 3.98. The topological polar surface area (TPSA) is 92.6 Å². The van der Waals surface area contributed by atoms with E-state index in [1.54, 1.807) is 13.1 Å². The Bertz CT molecular complexity index is 800. The van der Waals surface area contributed by atoms with E-state index in [2.05, 4.69) is 39.0 Å². The predicted molar refractivity (Wildman–Crippen MR) is 112 cm³/mol. The zero-order chi connectivity index (χ0) is 20.4. The third-order valence-electron chi connectivity index (χ3n) is 3.98. The van der Waals surface area contributed by atoms with E-state index in [4.69, 9.17) is 4.74 Å². The van der Waals surface area contributed by atoms with Crippen molar-refractivity contribution in [1.82, 2.24) is 20.4 Å². The van der Waals surface area contributed by atoms with Crippen molar-refractivity contribution in [3.05, 3.63) is 41.7 Å². The second-order valence-corrected chi connectivity index (χ2v) is 6.49. The highest BCUT2D eigenvalue weighted by Crippen LogP contribution is 2.16. The average molecular weight is 387 g/mol. The van der Waals surface area contributed by atoms with Crippen molar-refractivity contribution >= 4 is 17.6 Å². The summed E-state index contributed by atoms with van der Waals surface area (Å²) in [5.41, 5.74) is 2.95. The van der Waals surface area contributed by atoms with Crippen LogP contribution in [0.15, 0.2) is 35.3 Å². The van der Waals surface area contributed by atoms with Crippen LogP contribution in [0.3, 0.4) is 0 Å². The van der Waals surface area contributed by atoms with Gasteiger partial charge in [0, 0.05) is 44.5 Å². The minimum Gasteiger partial charge on any atom is -0.492 e. The number of hydrogen-bond acceptors (Lipinski definition) is 4. The average Bonchev–Trinajstić information content (AvgIpc) is 2.97. The lowest BCUT2D eigenvalue weighted by atomic mass is 10.3. The molecule has 0 atom stereocenters. The molecule has 0 aliphatic carbocycles. The summed E-state index contributed by atoms with van der Waals surface area (Å²) < 4.78 is 7.74. The van der Waals surface area contributed by atoms with Crippen molar-refractivity contribution in [1.29, 1.82) is 0 Å². The van der Waals surface area contributed by atoms with Gasteiger partial charge in [-0.25, -0.2) is 0 Å².